The monoisotopic (exact) mass is 534 g/mol. The van der Waals surface area contributed by atoms with Gasteiger partial charge in [0.1, 0.15) is 0 Å². The summed E-state index contributed by atoms with van der Waals surface area (Å²) in [7, 11) is 3.19. The maximum Gasteiger partial charge on any atom is 0.191 e. The van der Waals surface area contributed by atoms with Crippen LogP contribution in [0.3, 0.4) is 0 Å². The fourth-order valence-corrected chi connectivity index (χ4v) is 4.06. The van der Waals surface area contributed by atoms with Crippen LogP contribution < -0.4 is 15.4 Å². The lowest BCUT2D eigenvalue weighted by Crippen LogP contribution is -2.46. The van der Waals surface area contributed by atoms with Crippen molar-refractivity contribution in [1.29, 1.82) is 0 Å². The van der Waals surface area contributed by atoms with Crippen LogP contribution in [0, 0.1) is 5.82 Å². The molecule has 6 nitrogen and oxygen atoms in total. The summed E-state index contributed by atoms with van der Waals surface area (Å²) in [6.07, 6.45) is 0. The number of rotatable bonds is 7. The largest absolute Gasteiger partial charge is 0.494 e. The van der Waals surface area contributed by atoms with Gasteiger partial charge < -0.3 is 20.1 Å². The molecule has 1 atom stereocenters. The highest BCUT2D eigenvalue weighted by Gasteiger charge is 2.23. The summed E-state index contributed by atoms with van der Waals surface area (Å²) in [4.78, 5) is 8.05. The highest BCUT2D eigenvalue weighted by molar-refractivity contribution is 14.0. The van der Waals surface area contributed by atoms with Crippen molar-refractivity contribution in [2.75, 3.05) is 47.0 Å². The van der Waals surface area contributed by atoms with Gasteiger partial charge in [-0.15, -0.1) is 35.3 Å². The van der Waals surface area contributed by atoms with Crippen molar-refractivity contribution in [3.63, 3.8) is 0 Å². The van der Waals surface area contributed by atoms with Crippen LogP contribution >= 0.6 is 35.3 Å². The molecule has 2 aromatic rings. The van der Waals surface area contributed by atoms with Crippen molar-refractivity contribution in [3.05, 3.63) is 52.0 Å². The molecule has 1 aromatic heterocycles. The molecule has 160 valence electrons. The molecule has 9 heteroatoms. The Labute approximate surface area is 192 Å². The average Bonchev–Trinajstić information content (AvgIpc) is 3.26. The lowest BCUT2D eigenvalue weighted by Gasteiger charge is -2.34. The predicted molar refractivity (Wildman–Crippen MR) is 126 cm³/mol. The third-order valence-corrected chi connectivity index (χ3v) is 5.69. The van der Waals surface area contributed by atoms with Crippen molar-refractivity contribution < 1.29 is 13.9 Å². The van der Waals surface area contributed by atoms with Gasteiger partial charge in [0.2, 0.25) is 0 Å². The van der Waals surface area contributed by atoms with E-state index in [-0.39, 0.29) is 41.6 Å². The number of thiophene rings is 1. The van der Waals surface area contributed by atoms with E-state index in [2.05, 4.69) is 38.0 Å². The number of halogens is 2. The van der Waals surface area contributed by atoms with E-state index in [1.54, 1.807) is 24.5 Å². The first kappa shape index (κ1) is 23.8. The lowest BCUT2D eigenvalue weighted by molar-refractivity contribution is 0.0177. The van der Waals surface area contributed by atoms with E-state index in [1.807, 2.05) is 6.07 Å². The third-order valence-electron chi connectivity index (χ3n) is 4.72. The number of guanidine groups is 1. The Morgan fingerprint density at radius 2 is 2.10 bits per heavy atom. The van der Waals surface area contributed by atoms with Crippen molar-refractivity contribution >= 4 is 41.3 Å². The number of hydrogen-bond donors (Lipinski definition) is 2. The molecule has 0 radical (unpaired) electrons. The zero-order valence-electron chi connectivity index (χ0n) is 16.7. The minimum Gasteiger partial charge on any atom is -0.494 e. The molecule has 3 rings (SSSR count). The van der Waals surface area contributed by atoms with Gasteiger partial charge in [-0.3, -0.25) is 9.89 Å². The molecule has 0 spiro atoms. The number of nitrogens with zero attached hydrogens (tertiary/aromatic N) is 2. The summed E-state index contributed by atoms with van der Waals surface area (Å²) in [6, 6.07) is 9.46. The van der Waals surface area contributed by atoms with Crippen LogP contribution in [0.4, 0.5) is 4.39 Å². The first-order chi connectivity index (χ1) is 13.7. The van der Waals surface area contributed by atoms with Gasteiger partial charge in [0.05, 0.1) is 26.4 Å². The Bertz CT molecular complexity index is 770. The van der Waals surface area contributed by atoms with Crippen LogP contribution in [-0.4, -0.2) is 57.9 Å². The Hall–Kier alpha value is -1.43. The van der Waals surface area contributed by atoms with Gasteiger partial charge in [-0.25, -0.2) is 4.39 Å². The van der Waals surface area contributed by atoms with E-state index in [0.717, 1.165) is 38.4 Å². The minimum atomic E-state index is -0.366. The quantitative estimate of drug-likeness (QED) is 0.325. The topological polar surface area (TPSA) is 58.1 Å². The Morgan fingerprint density at radius 1 is 1.31 bits per heavy atom. The molecule has 1 saturated heterocycles. The number of hydrogen-bond acceptors (Lipinski definition) is 5. The van der Waals surface area contributed by atoms with E-state index in [1.165, 1.54) is 18.1 Å². The molecule has 29 heavy (non-hydrogen) atoms. The second-order valence-electron chi connectivity index (χ2n) is 6.46. The van der Waals surface area contributed by atoms with Crippen molar-refractivity contribution in [2.45, 2.75) is 12.6 Å². The SMILES string of the molecule is CN=C(NCc1ccc(OC)c(F)c1)NCC(c1cccs1)N1CCOCC1.I. The zero-order chi connectivity index (χ0) is 19.8. The van der Waals surface area contributed by atoms with E-state index in [9.17, 15) is 4.39 Å². The number of morpholine rings is 1. The van der Waals surface area contributed by atoms with Crippen LogP contribution in [0.5, 0.6) is 5.75 Å². The van der Waals surface area contributed by atoms with Gasteiger partial charge in [0, 0.05) is 38.1 Å². The molecule has 0 bridgehead atoms. The Kier molecular flexibility index (Phi) is 10.1. The number of nitrogens with one attached hydrogen (secondary N) is 2. The standard InChI is InChI=1S/C20H27FN4O2S.HI/c1-22-20(23-13-15-5-6-18(26-2)16(21)12-15)24-14-17(19-4-3-11-28-19)25-7-9-27-10-8-25;/h3-6,11-12,17H,7-10,13-14H2,1-2H3,(H2,22,23,24);1H. The maximum atomic E-state index is 13.9. The van der Waals surface area contributed by atoms with Gasteiger partial charge in [-0.05, 0) is 29.1 Å². The Balaban J connectivity index is 0.00000300. The second-order valence-corrected chi connectivity index (χ2v) is 7.43. The zero-order valence-corrected chi connectivity index (χ0v) is 19.8. The van der Waals surface area contributed by atoms with Gasteiger partial charge in [-0.1, -0.05) is 12.1 Å². The van der Waals surface area contributed by atoms with E-state index < -0.39 is 0 Å². The summed E-state index contributed by atoms with van der Waals surface area (Å²) in [5.74, 6) is 0.566. The van der Waals surface area contributed by atoms with Crippen LogP contribution in [0.2, 0.25) is 0 Å². The molecule has 0 saturated carbocycles. The van der Waals surface area contributed by atoms with E-state index in [0.29, 0.717) is 12.5 Å². The molecular weight excluding hydrogens is 506 g/mol. The highest BCUT2D eigenvalue weighted by Crippen LogP contribution is 2.25. The van der Waals surface area contributed by atoms with E-state index in [4.69, 9.17) is 9.47 Å². The lowest BCUT2D eigenvalue weighted by atomic mass is 10.2. The highest BCUT2D eigenvalue weighted by atomic mass is 127. The predicted octanol–water partition coefficient (Wildman–Crippen LogP) is 3.25. The van der Waals surface area contributed by atoms with Crippen molar-refractivity contribution in [1.82, 2.24) is 15.5 Å². The maximum absolute atomic E-state index is 13.9. The number of benzene rings is 1. The molecule has 1 fully saturated rings. The van der Waals surface area contributed by atoms with Gasteiger partial charge in [-0.2, -0.15) is 0 Å². The second kappa shape index (κ2) is 12.3. The minimum absolute atomic E-state index is 0. The molecule has 1 aliphatic heterocycles. The van der Waals surface area contributed by atoms with E-state index >= 15 is 0 Å². The van der Waals surface area contributed by atoms with Crippen LogP contribution in [0.25, 0.3) is 0 Å². The van der Waals surface area contributed by atoms with Crippen LogP contribution in [0.15, 0.2) is 40.7 Å². The molecule has 1 aliphatic rings. The summed E-state index contributed by atoms with van der Waals surface area (Å²) >= 11 is 1.76. The summed E-state index contributed by atoms with van der Waals surface area (Å²) in [6.45, 7) is 4.57. The smallest absolute Gasteiger partial charge is 0.191 e. The third kappa shape index (κ3) is 6.80. The summed E-state index contributed by atoms with van der Waals surface area (Å²) in [5.41, 5.74) is 0.823. The molecule has 0 aliphatic carbocycles. The fourth-order valence-electron chi connectivity index (χ4n) is 3.20. The molecular formula is C20H28FIN4O2S. The summed E-state index contributed by atoms with van der Waals surface area (Å²) in [5, 5.41) is 8.76. The molecule has 0 amide bonds. The van der Waals surface area contributed by atoms with Gasteiger partial charge >= 0.3 is 0 Å². The Morgan fingerprint density at radius 3 is 2.72 bits per heavy atom. The first-order valence-corrected chi connectivity index (χ1v) is 10.2. The average molecular weight is 534 g/mol. The normalized spacial score (nSPS) is 16.0. The number of methoxy groups -OCH3 is 1. The number of ether oxygens (including phenoxy) is 2. The van der Waals surface area contributed by atoms with Crippen LogP contribution in [-0.2, 0) is 11.3 Å². The van der Waals surface area contributed by atoms with Gasteiger partial charge in [0.15, 0.2) is 17.5 Å². The fraction of sp³-hybridized carbons (Fsp3) is 0.450. The molecule has 2 heterocycles. The molecule has 1 unspecified atom stereocenters. The first-order valence-electron chi connectivity index (χ1n) is 9.33. The van der Waals surface area contributed by atoms with Crippen LogP contribution in [0.1, 0.15) is 16.5 Å². The molecule has 1 aromatic carbocycles. The van der Waals surface area contributed by atoms with Gasteiger partial charge in [0.25, 0.3) is 0 Å². The van der Waals surface area contributed by atoms with Crippen molar-refractivity contribution in [2.24, 2.45) is 4.99 Å². The number of aliphatic imine (C=N–C) groups is 1. The van der Waals surface area contributed by atoms with Crippen molar-refractivity contribution in [3.8, 4) is 5.75 Å². The summed E-state index contributed by atoms with van der Waals surface area (Å²) < 4.78 is 24.3. The molecule has 2 N–H and O–H groups in total.